The minimum Gasteiger partial charge on any atom is -0.475 e. The van der Waals surface area contributed by atoms with Crippen molar-refractivity contribution in [1.82, 2.24) is 15.3 Å². The van der Waals surface area contributed by atoms with Gasteiger partial charge in [0.2, 0.25) is 11.7 Å². The van der Waals surface area contributed by atoms with Crippen molar-refractivity contribution in [2.75, 3.05) is 6.54 Å². The van der Waals surface area contributed by atoms with E-state index in [1.807, 2.05) is 0 Å². The highest BCUT2D eigenvalue weighted by atomic mass is 32.1. The Morgan fingerprint density at radius 1 is 1.29 bits per heavy atom. The zero-order chi connectivity index (χ0) is 17.3. The minimum atomic E-state index is -1.20. The van der Waals surface area contributed by atoms with Crippen LogP contribution in [0.15, 0.2) is 4.79 Å². The van der Waals surface area contributed by atoms with E-state index in [4.69, 9.17) is 10.8 Å². The van der Waals surface area contributed by atoms with Gasteiger partial charge in [0.15, 0.2) is 0 Å². The minimum absolute atomic E-state index is 0.0463. The summed E-state index contributed by atoms with van der Waals surface area (Å²) in [5.74, 6) is -1.70. The maximum Gasteiger partial charge on any atom is 0.372 e. The number of nitrogens with two attached hydrogens (primary N) is 1. The third kappa shape index (κ3) is 3.17. The molecule has 1 aliphatic carbocycles. The first-order valence-electron chi connectivity index (χ1n) is 7.78. The molecule has 24 heavy (non-hydrogen) atoms. The number of hydrogen-bond acceptors (Lipinski definition) is 6. The average molecular weight is 350 g/mol. The second-order valence-corrected chi connectivity index (χ2v) is 6.89. The number of H-pyrrole nitrogens is 1. The first kappa shape index (κ1) is 16.6. The average Bonchev–Trinajstić information content (AvgIpc) is 3.23. The van der Waals surface area contributed by atoms with E-state index in [2.05, 4.69) is 15.3 Å². The quantitative estimate of drug-likeness (QED) is 0.618. The number of carbonyl (C=O) groups excluding carboxylic acids is 1. The molecule has 1 amide bonds. The third-order valence-electron chi connectivity index (χ3n) is 4.18. The van der Waals surface area contributed by atoms with Crippen molar-refractivity contribution < 1.29 is 14.7 Å². The lowest BCUT2D eigenvalue weighted by molar-refractivity contribution is -0.119. The van der Waals surface area contributed by atoms with Crippen LogP contribution in [0.25, 0.3) is 10.2 Å². The highest BCUT2D eigenvalue weighted by molar-refractivity contribution is 7.18. The summed E-state index contributed by atoms with van der Waals surface area (Å²) in [7, 11) is 0. The number of nitrogens with zero attached hydrogens (tertiary/aromatic N) is 1. The van der Waals surface area contributed by atoms with Crippen molar-refractivity contribution in [2.24, 2.45) is 5.73 Å². The monoisotopic (exact) mass is 350 g/mol. The normalized spacial score (nSPS) is 18.9. The summed E-state index contributed by atoms with van der Waals surface area (Å²) < 4.78 is 0. The number of carboxylic acids is 1. The molecule has 2 aromatic heterocycles. The van der Waals surface area contributed by atoms with E-state index in [1.165, 1.54) is 16.2 Å². The number of aromatic amines is 1. The van der Waals surface area contributed by atoms with Crippen LogP contribution < -0.4 is 16.6 Å². The van der Waals surface area contributed by atoms with Gasteiger partial charge in [-0.3, -0.25) is 9.59 Å². The van der Waals surface area contributed by atoms with E-state index in [0.717, 1.165) is 44.2 Å². The van der Waals surface area contributed by atoms with Crippen LogP contribution in [0.4, 0.5) is 0 Å². The van der Waals surface area contributed by atoms with Gasteiger partial charge in [-0.15, -0.1) is 11.3 Å². The van der Waals surface area contributed by atoms with Crippen molar-refractivity contribution >= 4 is 33.4 Å². The zero-order valence-corrected chi connectivity index (χ0v) is 13.7. The number of aryl methyl sites for hydroxylation is 2. The van der Waals surface area contributed by atoms with Crippen LogP contribution in [0.3, 0.4) is 0 Å². The Kier molecular flexibility index (Phi) is 4.63. The number of carbonyl (C=O) groups is 2. The van der Waals surface area contributed by atoms with Crippen molar-refractivity contribution in [1.29, 1.82) is 0 Å². The van der Waals surface area contributed by atoms with Crippen LogP contribution in [0.2, 0.25) is 0 Å². The molecule has 8 nitrogen and oxygen atoms in total. The molecule has 1 fully saturated rings. The van der Waals surface area contributed by atoms with Crippen molar-refractivity contribution in [3.05, 3.63) is 26.6 Å². The fourth-order valence-corrected chi connectivity index (χ4v) is 4.29. The number of amides is 1. The Balaban J connectivity index is 0.000000179. The number of hydrogen-bond donors (Lipinski definition) is 4. The third-order valence-corrected chi connectivity index (χ3v) is 5.37. The second-order valence-electron chi connectivity index (χ2n) is 5.81. The summed E-state index contributed by atoms with van der Waals surface area (Å²) in [6.07, 6.45) is 4.92. The van der Waals surface area contributed by atoms with Gasteiger partial charge in [0, 0.05) is 4.88 Å². The van der Waals surface area contributed by atoms with Crippen molar-refractivity contribution in [3.8, 4) is 0 Å². The van der Waals surface area contributed by atoms with Crippen LogP contribution in [0, 0.1) is 0 Å². The Hall–Kier alpha value is -2.26. The lowest BCUT2D eigenvalue weighted by Gasteiger charge is -2.01. The van der Waals surface area contributed by atoms with E-state index in [0.29, 0.717) is 10.2 Å². The standard InChI is InChI=1S/C10H8N2O3S.C5H10N2O/c13-8-6-4-2-1-3-5(4)16-9(6)12-7(11-8)10(14)15;6-5(8)4-2-1-3-7-4/h1-3H2,(H,14,15)(H,11,12,13);4,7H,1-3H2,(H2,6,8)/t;4-/m.0/s1. The molecule has 1 aliphatic heterocycles. The summed E-state index contributed by atoms with van der Waals surface area (Å²) in [4.78, 5) is 40.9. The highest BCUT2D eigenvalue weighted by Crippen LogP contribution is 2.34. The summed E-state index contributed by atoms with van der Waals surface area (Å²) in [6, 6.07) is -0.0463. The van der Waals surface area contributed by atoms with Gasteiger partial charge in [-0.05, 0) is 44.2 Å². The Morgan fingerprint density at radius 3 is 2.67 bits per heavy atom. The van der Waals surface area contributed by atoms with E-state index in [1.54, 1.807) is 0 Å². The predicted molar refractivity (Wildman–Crippen MR) is 89.4 cm³/mol. The molecule has 1 atom stereocenters. The van der Waals surface area contributed by atoms with Crippen LogP contribution in [-0.4, -0.2) is 39.5 Å². The molecule has 1 saturated heterocycles. The molecule has 0 aromatic carbocycles. The summed E-state index contributed by atoms with van der Waals surface area (Å²) in [5.41, 5.74) is 5.73. The first-order valence-corrected chi connectivity index (χ1v) is 8.59. The largest absolute Gasteiger partial charge is 0.475 e. The summed E-state index contributed by atoms with van der Waals surface area (Å²) in [6.45, 7) is 0.938. The highest BCUT2D eigenvalue weighted by Gasteiger charge is 2.22. The predicted octanol–water partition coefficient (Wildman–Crippen LogP) is 0.395. The number of primary amides is 1. The molecule has 9 heteroatoms. The number of fused-ring (bicyclic) bond motifs is 3. The van der Waals surface area contributed by atoms with Crippen LogP contribution in [-0.2, 0) is 17.6 Å². The number of thiophene rings is 1. The zero-order valence-electron chi connectivity index (χ0n) is 12.9. The van der Waals surface area contributed by atoms with Crippen LogP contribution in [0.1, 0.15) is 40.3 Å². The van der Waals surface area contributed by atoms with Crippen LogP contribution in [0.5, 0.6) is 0 Å². The lowest BCUT2D eigenvalue weighted by atomic mass is 10.2. The molecule has 3 heterocycles. The molecule has 0 spiro atoms. The van der Waals surface area contributed by atoms with E-state index >= 15 is 0 Å². The number of aromatic nitrogens is 2. The molecule has 2 aliphatic rings. The van der Waals surface area contributed by atoms with Gasteiger partial charge in [-0.1, -0.05) is 0 Å². The fourth-order valence-electron chi connectivity index (χ4n) is 3.03. The van der Waals surface area contributed by atoms with E-state index in [-0.39, 0.29) is 23.3 Å². The second kappa shape index (κ2) is 6.70. The Bertz CT molecular complexity index is 851. The molecule has 128 valence electrons. The number of carboxylic acid groups (broad SMARTS) is 1. The topological polar surface area (TPSA) is 138 Å². The first-order chi connectivity index (χ1) is 11.5. The van der Waals surface area contributed by atoms with Crippen molar-refractivity contribution in [2.45, 2.75) is 38.1 Å². The van der Waals surface area contributed by atoms with Gasteiger partial charge in [0.1, 0.15) is 4.83 Å². The maximum absolute atomic E-state index is 11.8. The molecule has 0 unspecified atom stereocenters. The van der Waals surface area contributed by atoms with Gasteiger partial charge in [-0.2, -0.15) is 0 Å². The Labute approximate surface area is 141 Å². The fraction of sp³-hybridized carbons (Fsp3) is 0.467. The smallest absolute Gasteiger partial charge is 0.372 e. The van der Waals surface area contributed by atoms with Crippen LogP contribution >= 0.6 is 11.3 Å². The van der Waals surface area contributed by atoms with Gasteiger partial charge >= 0.3 is 5.97 Å². The van der Waals surface area contributed by atoms with E-state index < -0.39 is 5.97 Å². The molecule has 0 bridgehead atoms. The lowest BCUT2D eigenvalue weighted by Crippen LogP contribution is -2.36. The summed E-state index contributed by atoms with van der Waals surface area (Å²) in [5, 5.41) is 12.4. The van der Waals surface area contributed by atoms with Gasteiger partial charge < -0.3 is 21.1 Å². The molecule has 0 radical (unpaired) electrons. The number of aromatic carboxylic acids is 1. The molecule has 2 aromatic rings. The van der Waals surface area contributed by atoms with Gasteiger partial charge in [0.25, 0.3) is 5.56 Å². The molecular formula is C15H18N4O4S. The number of rotatable bonds is 2. The molecule has 5 N–H and O–H groups in total. The summed E-state index contributed by atoms with van der Waals surface area (Å²) >= 11 is 1.44. The van der Waals surface area contributed by atoms with Gasteiger partial charge in [-0.25, -0.2) is 9.78 Å². The molecular weight excluding hydrogens is 332 g/mol. The van der Waals surface area contributed by atoms with Crippen molar-refractivity contribution in [3.63, 3.8) is 0 Å². The van der Waals surface area contributed by atoms with E-state index in [9.17, 15) is 14.4 Å². The van der Waals surface area contributed by atoms with Gasteiger partial charge in [0.05, 0.1) is 11.4 Å². The molecule has 0 saturated carbocycles. The SMILES string of the molecule is NC(=O)[C@@H]1CCCN1.O=C(O)c1nc2sc3c(c2c(=O)[nH]1)CCC3. The molecule has 4 rings (SSSR count). The maximum atomic E-state index is 11.8. The number of nitrogens with one attached hydrogen (secondary N) is 2. The Morgan fingerprint density at radius 2 is 2.08 bits per heavy atom.